The van der Waals surface area contributed by atoms with Gasteiger partial charge in [-0.3, -0.25) is 0 Å². The largest absolute Gasteiger partial charge is 0.488 e. The first kappa shape index (κ1) is 58.4. The van der Waals surface area contributed by atoms with E-state index in [-0.39, 0.29) is 10.1 Å². The number of aryl methyl sites for hydroxylation is 2. The van der Waals surface area contributed by atoms with E-state index in [1.165, 1.54) is 5.56 Å². The van der Waals surface area contributed by atoms with Crippen LogP contribution in [-0.4, -0.2) is 57.2 Å². The summed E-state index contributed by atoms with van der Waals surface area (Å²) in [5, 5.41) is 24.2. The summed E-state index contributed by atoms with van der Waals surface area (Å²) in [6.45, 7) is 39.6. The fourth-order valence-electron chi connectivity index (χ4n) is 5.48. The molecule has 0 spiro atoms. The van der Waals surface area contributed by atoms with Gasteiger partial charge < -0.3 is 39.0 Å². The summed E-state index contributed by atoms with van der Waals surface area (Å²) in [6.07, 6.45) is -0.793. The van der Waals surface area contributed by atoms with Crippen LogP contribution in [0.4, 0.5) is 9.59 Å². The number of amides is 2. The fourth-order valence-corrected chi connectivity index (χ4v) is 7.81. The zero-order valence-electron chi connectivity index (χ0n) is 43.2. The van der Waals surface area contributed by atoms with Crippen molar-refractivity contribution in [3.05, 3.63) is 123 Å². The van der Waals surface area contributed by atoms with Crippen molar-refractivity contribution in [3.8, 4) is 11.1 Å². The van der Waals surface area contributed by atoms with Crippen LogP contribution >= 0.6 is 15.9 Å². The highest BCUT2D eigenvalue weighted by atomic mass is 79.9. The Balaban J connectivity index is 0.000000365. The first-order valence-corrected chi connectivity index (χ1v) is 29.3. The van der Waals surface area contributed by atoms with Crippen LogP contribution in [0.25, 0.3) is 11.1 Å². The standard InChI is InChI=1S/C26H39NO3Si.C13H23BO3Si.C13H18BrNO2/c1-19-13-14-22(16-23(19)17-27-24(28)30-25(2,3)4)21-12-10-11-20(15-21)18-29-31(8,9)26(5,6)7;1-13(2,3)18(4,5)17-10-11-7-6-8-12(9-11)14(15)16;1-9-5-6-11(14)7-10(9)8-15-12(16)17-13(2,3)4/h10-16H,17-18H2,1-9H3,(H,27,28);6-9,15-16H,10H2,1-5H3;5-7H,8H2,1-4H3,(H,15,16). The highest BCUT2D eigenvalue weighted by Gasteiger charge is 2.38. The average Bonchev–Trinajstić information content (AvgIpc) is 3.18. The molecule has 4 N–H and O–H groups in total. The van der Waals surface area contributed by atoms with Crippen LogP contribution < -0.4 is 16.1 Å². The molecule has 0 aromatic heterocycles. The molecule has 0 bridgehead atoms. The van der Waals surface area contributed by atoms with Crippen molar-refractivity contribution < 1.29 is 38.0 Å². The van der Waals surface area contributed by atoms with Gasteiger partial charge in [-0.1, -0.05) is 118 Å². The molecule has 2 amide bonds. The zero-order chi connectivity index (χ0) is 50.5. The summed E-state index contributed by atoms with van der Waals surface area (Å²) < 4.78 is 24.0. The Bertz CT molecular complexity index is 2190. The SMILES string of the molecule is CC(C)(C)[Si](C)(C)OCc1cccc(B(O)O)c1.Cc1ccc(-c2cccc(CO[Si](C)(C)C(C)(C)C)c2)cc1CNC(=O)OC(C)(C)C.Cc1ccc(Br)cc1CNC(=O)OC(C)(C)C. The predicted octanol–water partition coefficient (Wildman–Crippen LogP) is 12.9. The number of hydrogen-bond acceptors (Lipinski definition) is 8. The van der Waals surface area contributed by atoms with E-state index in [0.29, 0.717) is 31.8 Å². The number of carbonyl (C=O) groups is 2. The first-order chi connectivity index (χ1) is 30.1. The minimum absolute atomic E-state index is 0.182. The van der Waals surface area contributed by atoms with Gasteiger partial charge in [0, 0.05) is 17.6 Å². The van der Waals surface area contributed by atoms with E-state index in [1.807, 2.05) is 78.8 Å². The van der Waals surface area contributed by atoms with Gasteiger partial charge in [-0.25, -0.2) is 9.59 Å². The molecule has 0 aliphatic heterocycles. The van der Waals surface area contributed by atoms with Crippen molar-refractivity contribution in [2.24, 2.45) is 0 Å². The number of carbonyl (C=O) groups excluding carboxylic acids is 2. The quantitative estimate of drug-likeness (QED) is 0.103. The van der Waals surface area contributed by atoms with Crippen molar-refractivity contribution in [2.75, 3.05) is 0 Å². The number of benzene rings is 4. The molecule has 364 valence electrons. The Hall–Kier alpha value is -3.76. The smallest absolute Gasteiger partial charge is 0.444 e. The van der Waals surface area contributed by atoms with E-state index < -0.39 is 47.1 Å². The van der Waals surface area contributed by atoms with Gasteiger partial charge in [-0.15, -0.1) is 0 Å². The Labute approximate surface area is 408 Å². The van der Waals surface area contributed by atoms with E-state index >= 15 is 0 Å². The normalized spacial score (nSPS) is 12.2. The summed E-state index contributed by atoms with van der Waals surface area (Å²) in [7, 11) is -4.97. The van der Waals surface area contributed by atoms with Crippen LogP contribution in [0, 0.1) is 13.8 Å². The Morgan fingerprint density at radius 2 is 0.985 bits per heavy atom. The lowest BCUT2D eigenvalue weighted by molar-refractivity contribution is 0.0512. The summed E-state index contributed by atoms with van der Waals surface area (Å²) in [6, 6.07) is 28.1. The predicted molar refractivity (Wildman–Crippen MR) is 282 cm³/mol. The number of alkyl carbamates (subject to hydrolysis) is 2. The Kier molecular flexibility index (Phi) is 21.7. The summed E-state index contributed by atoms with van der Waals surface area (Å²) in [4.78, 5) is 23.5. The first-order valence-electron chi connectivity index (χ1n) is 22.7. The third-order valence-corrected chi connectivity index (χ3v) is 21.1. The highest BCUT2D eigenvalue weighted by Crippen LogP contribution is 2.38. The Morgan fingerprint density at radius 1 is 0.576 bits per heavy atom. The summed E-state index contributed by atoms with van der Waals surface area (Å²) in [5.41, 5.74) is 8.39. The lowest BCUT2D eigenvalue weighted by Gasteiger charge is -2.36. The van der Waals surface area contributed by atoms with Crippen molar-refractivity contribution >= 4 is 57.3 Å². The average molecular weight is 1010 g/mol. The minimum atomic E-state index is -1.79. The molecule has 66 heavy (non-hydrogen) atoms. The summed E-state index contributed by atoms with van der Waals surface area (Å²) >= 11 is 3.41. The monoisotopic (exact) mass is 1010 g/mol. The maximum absolute atomic E-state index is 12.0. The van der Waals surface area contributed by atoms with E-state index in [1.54, 1.807) is 12.1 Å². The van der Waals surface area contributed by atoms with Crippen molar-refractivity contribution in [2.45, 2.75) is 171 Å². The van der Waals surface area contributed by atoms with Crippen molar-refractivity contribution in [1.29, 1.82) is 0 Å². The van der Waals surface area contributed by atoms with Crippen LogP contribution in [0.5, 0.6) is 0 Å². The number of ether oxygens (including phenoxy) is 2. The molecular weight excluding hydrogens is 927 g/mol. The topological polar surface area (TPSA) is 136 Å². The molecule has 0 fully saturated rings. The number of nitrogens with one attached hydrogen (secondary N) is 2. The molecule has 4 aromatic rings. The van der Waals surface area contributed by atoms with Crippen molar-refractivity contribution in [3.63, 3.8) is 0 Å². The number of rotatable bonds is 12. The van der Waals surface area contributed by atoms with Gasteiger partial charge in [0.2, 0.25) is 0 Å². The van der Waals surface area contributed by atoms with Gasteiger partial charge in [0.15, 0.2) is 16.6 Å². The van der Waals surface area contributed by atoms with E-state index in [2.05, 4.69) is 144 Å². The van der Waals surface area contributed by atoms with Crippen LogP contribution in [0.1, 0.15) is 116 Å². The molecule has 0 atom stereocenters. The van der Waals surface area contributed by atoms with Gasteiger partial charge in [-0.05, 0) is 166 Å². The van der Waals surface area contributed by atoms with Gasteiger partial charge in [-0.2, -0.15) is 0 Å². The van der Waals surface area contributed by atoms with Gasteiger partial charge in [0.1, 0.15) is 11.2 Å². The second-order valence-corrected chi connectivity index (χ2v) is 32.4. The lowest BCUT2D eigenvalue weighted by atomic mass is 9.80. The van der Waals surface area contributed by atoms with Gasteiger partial charge in [0.05, 0.1) is 13.2 Å². The molecule has 0 unspecified atom stereocenters. The molecule has 0 heterocycles. The van der Waals surface area contributed by atoms with Crippen molar-refractivity contribution in [1.82, 2.24) is 10.6 Å². The third-order valence-electron chi connectivity index (χ3n) is 11.6. The lowest BCUT2D eigenvalue weighted by Crippen LogP contribution is -2.40. The van der Waals surface area contributed by atoms with Gasteiger partial charge in [0.25, 0.3) is 0 Å². The molecule has 0 radical (unpaired) electrons. The Morgan fingerprint density at radius 3 is 1.42 bits per heavy atom. The molecule has 4 aromatic carbocycles. The second-order valence-electron chi connectivity index (χ2n) is 21.8. The number of hydrogen-bond donors (Lipinski definition) is 4. The maximum atomic E-state index is 12.0. The number of halogens is 1. The molecule has 4 rings (SSSR count). The van der Waals surface area contributed by atoms with Crippen LogP contribution in [0.15, 0.2) is 89.4 Å². The van der Waals surface area contributed by atoms with Crippen LogP contribution in [0.2, 0.25) is 36.3 Å². The molecule has 14 heteroatoms. The maximum Gasteiger partial charge on any atom is 0.488 e. The minimum Gasteiger partial charge on any atom is -0.444 e. The van der Waals surface area contributed by atoms with E-state index in [0.717, 1.165) is 43.4 Å². The van der Waals surface area contributed by atoms with E-state index in [9.17, 15) is 9.59 Å². The van der Waals surface area contributed by atoms with Gasteiger partial charge >= 0.3 is 19.3 Å². The molecule has 0 saturated heterocycles. The molecular formula is C52H80BBrN2O8Si2. The highest BCUT2D eigenvalue weighted by molar-refractivity contribution is 9.10. The zero-order valence-corrected chi connectivity index (χ0v) is 46.8. The molecule has 10 nitrogen and oxygen atoms in total. The van der Waals surface area contributed by atoms with Crippen LogP contribution in [-0.2, 0) is 44.6 Å². The molecule has 0 aliphatic rings. The van der Waals surface area contributed by atoms with E-state index in [4.69, 9.17) is 28.4 Å². The molecule has 0 aliphatic carbocycles. The third kappa shape index (κ3) is 21.0. The second kappa shape index (κ2) is 24.5. The fraction of sp³-hybridized carbons (Fsp3) is 0.500. The van der Waals surface area contributed by atoms with Crippen LogP contribution in [0.3, 0.4) is 0 Å². The summed E-state index contributed by atoms with van der Waals surface area (Å²) in [5.74, 6) is 0. The molecule has 0 saturated carbocycles.